The van der Waals surface area contributed by atoms with Gasteiger partial charge in [0.1, 0.15) is 12.1 Å². The van der Waals surface area contributed by atoms with Crippen LogP contribution in [0.5, 0.6) is 5.75 Å². The third-order valence-electron chi connectivity index (χ3n) is 3.27. The fourth-order valence-electron chi connectivity index (χ4n) is 1.98. The number of carbonyl (C=O) groups excluding carboxylic acids is 1. The first kappa shape index (κ1) is 16.3. The predicted molar refractivity (Wildman–Crippen MR) is 83.8 cm³/mol. The smallest absolute Gasteiger partial charge is 0.261 e. The summed E-state index contributed by atoms with van der Waals surface area (Å²) in [6, 6.07) is 5.29. The minimum atomic E-state index is -0.613. The molecule has 0 aliphatic heterocycles. The van der Waals surface area contributed by atoms with Crippen LogP contribution >= 0.6 is 11.6 Å². The SMILES string of the molecule is CCn1cnnc1CNC(=O)[C@@H](C)Oc1ccc(Cl)cc1C. The van der Waals surface area contributed by atoms with Crippen molar-refractivity contribution in [3.8, 4) is 5.75 Å². The Bertz CT molecular complexity index is 657. The Morgan fingerprint density at radius 3 is 2.95 bits per heavy atom. The van der Waals surface area contributed by atoms with Crippen molar-refractivity contribution in [2.45, 2.75) is 40.0 Å². The molecule has 1 aromatic carbocycles. The van der Waals surface area contributed by atoms with Crippen LogP contribution < -0.4 is 10.1 Å². The number of aryl methyl sites for hydroxylation is 2. The maximum absolute atomic E-state index is 12.1. The van der Waals surface area contributed by atoms with Gasteiger partial charge in [-0.05, 0) is 44.5 Å². The molecular weight excluding hydrogens is 304 g/mol. The van der Waals surface area contributed by atoms with Gasteiger partial charge in [0.15, 0.2) is 11.9 Å². The van der Waals surface area contributed by atoms with E-state index in [-0.39, 0.29) is 5.91 Å². The lowest BCUT2D eigenvalue weighted by Gasteiger charge is -2.16. The Kier molecular flexibility index (Phi) is 5.38. The molecule has 2 aromatic rings. The van der Waals surface area contributed by atoms with Crippen LogP contribution in [-0.4, -0.2) is 26.8 Å². The van der Waals surface area contributed by atoms with Crippen LogP contribution in [0.15, 0.2) is 24.5 Å². The number of hydrogen-bond acceptors (Lipinski definition) is 4. The molecule has 1 atom stereocenters. The number of halogens is 1. The molecule has 6 nitrogen and oxygen atoms in total. The van der Waals surface area contributed by atoms with E-state index in [0.29, 0.717) is 23.1 Å². The van der Waals surface area contributed by atoms with Crippen molar-refractivity contribution in [1.82, 2.24) is 20.1 Å². The Balaban J connectivity index is 1.92. The molecule has 0 radical (unpaired) electrons. The minimum absolute atomic E-state index is 0.208. The third-order valence-corrected chi connectivity index (χ3v) is 3.50. The highest BCUT2D eigenvalue weighted by Gasteiger charge is 2.16. The first-order chi connectivity index (χ1) is 10.5. The highest BCUT2D eigenvalue weighted by atomic mass is 35.5. The van der Waals surface area contributed by atoms with Gasteiger partial charge in [-0.2, -0.15) is 0 Å². The lowest BCUT2D eigenvalue weighted by atomic mass is 10.2. The van der Waals surface area contributed by atoms with E-state index in [9.17, 15) is 4.79 Å². The van der Waals surface area contributed by atoms with Gasteiger partial charge < -0.3 is 14.6 Å². The van der Waals surface area contributed by atoms with E-state index >= 15 is 0 Å². The quantitative estimate of drug-likeness (QED) is 0.886. The third kappa shape index (κ3) is 3.98. The van der Waals surface area contributed by atoms with Crippen molar-refractivity contribution in [3.63, 3.8) is 0 Å². The highest BCUT2D eigenvalue weighted by molar-refractivity contribution is 6.30. The van der Waals surface area contributed by atoms with Crippen molar-refractivity contribution in [3.05, 3.63) is 40.9 Å². The first-order valence-corrected chi connectivity index (χ1v) is 7.46. The summed E-state index contributed by atoms with van der Waals surface area (Å²) in [6.07, 6.45) is 1.02. The summed E-state index contributed by atoms with van der Waals surface area (Å²) in [5.41, 5.74) is 0.887. The van der Waals surface area contributed by atoms with Crippen molar-refractivity contribution < 1.29 is 9.53 Å². The van der Waals surface area contributed by atoms with Crippen LogP contribution in [0.1, 0.15) is 25.2 Å². The molecule has 0 bridgehead atoms. The molecule has 0 aliphatic rings. The van der Waals surface area contributed by atoms with Crippen LogP contribution in [-0.2, 0) is 17.9 Å². The van der Waals surface area contributed by atoms with E-state index in [1.165, 1.54) is 0 Å². The topological polar surface area (TPSA) is 69.0 Å². The summed E-state index contributed by atoms with van der Waals surface area (Å²) in [7, 11) is 0. The number of carbonyl (C=O) groups is 1. The van der Waals surface area contributed by atoms with Crippen molar-refractivity contribution >= 4 is 17.5 Å². The van der Waals surface area contributed by atoms with Crippen molar-refractivity contribution in [2.24, 2.45) is 0 Å². The van der Waals surface area contributed by atoms with E-state index in [2.05, 4.69) is 15.5 Å². The standard InChI is InChI=1S/C15H19ClN4O2/c1-4-20-9-18-19-14(20)8-17-15(21)11(3)22-13-6-5-12(16)7-10(13)2/h5-7,9,11H,4,8H2,1-3H3,(H,17,21)/t11-/m1/s1. The van der Waals surface area contributed by atoms with Gasteiger partial charge in [0.05, 0.1) is 6.54 Å². The maximum Gasteiger partial charge on any atom is 0.261 e. The minimum Gasteiger partial charge on any atom is -0.481 e. The molecule has 0 unspecified atom stereocenters. The summed E-state index contributed by atoms with van der Waals surface area (Å²) in [5, 5.41) is 11.2. The Labute approximate surface area is 134 Å². The van der Waals surface area contributed by atoms with Crippen molar-refractivity contribution in [1.29, 1.82) is 0 Å². The van der Waals surface area contributed by atoms with Gasteiger partial charge in [0, 0.05) is 11.6 Å². The Morgan fingerprint density at radius 2 is 2.27 bits per heavy atom. The van der Waals surface area contributed by atoms with Gasteiger partial charge in [-0.3, -0.25) is 4.79 Å². The molecule has 0 saturated heterocycles. The van der Waals surface area contributed by atoms with Gasteiger partial charge in [-0.25, -0.2) is 0 Å². The molecule has 0 spiro atoms. The Morgan fingerprint density at radius 1 is 1.50 bits per heavy atom. The van der Waals surface area contributed by atoms with E-state index in [1.54, 1.807) is 31.5 Å². The second-order valence-electron chi connectivity index (χ2n) is 4.92. The fourth-order valence-corrected chi connectivity index (χ4v) is 2.21. The number of hydrogen-bond donors (Lipinski definition) is 1. The summed E-state index contributed by atoms with van der Waals surface area (Å²) >= 11 is 5.90. The average molecular weight is 323 g/mol. The average Bonchev–Trinajstić information content (AvgIpc) is 2.95. The van der Waals surface area contributed by atoms with Gasteiger partial charge >= 0.3 is 0 Å². The lowest BCUT2D eigenvalue weighted by Crippen LogP contribution is -2.36. The summed E-state index contributed by atoms with van der Waals surface area (Å²) < 4.78 is 7.55. The molecule has 7 heteroatoms. The fraction of sp³-hybridized carbons (Fsp3) is 0.400. The summed E-state index contributed by atoms with van der Waals surface area (Å²) in [5.74, 6) is 1.15. The zero-order valence-electron chi connectivity index (χ0n) is 12.8. The zero-order valence-corrected chi connectivity index (χ0v) is 13.6. The molecule has 2 rings (SSSR count). The number of rotatable bonds is 6. The van der Waals surface area contributed by atoms with Crippen LogP contribution in [0, 0.1) is 6.92 Å². The molecule has 1 heterocycles. The molecule has 1 aromatic heterocycles. The molecule has 118 valence electrons. The molecule has 0 saturated carbocycles. The lowest BCUT2D eigenvalue weighted by molar-refractivity contribution is -0.127. The van der Waals surface area contributed by atoms with E-state index in [0.717, 1.165) is 12.1 Å². The second kappa shape index (κ2) is 7.26. The molecule has 1 amide bonds. The van der Waals surface area contributed by atoms with Crippen LogP contribution in [0.4, 0.5) is 0 Å². The maximum atomic E-state index is 12.1. The number of amides is 1. The molecular formula is C15H19ClN4O2. The Hall–Kier alpha value is -2.08. The zero-order chi connectivity index (χ0) is 16.1. The van der Waals surface area contributed by atoms with Gasteiger partial charge in [-0.15, -0.1) is 10.2 Å². The van der Waals surface area contributed by atoms with Crippen LogP contribution in [0.2, 0.25) is 5.02 Å². The monoisotopic (exact) mass is 322 g/mol. The van der Waals surface area contributed by atoms with E-state index in [1.807, 2.05) is 18.4 Å². The van der Waals surface area contributed by atoms with Gasteiger partial charge in [-0.1, -0.05) is 11.6 Å². The summed E-state index contributed by atoms with van der Waals surface area (Å²) in [6.45, 7) is 6.65. The molecule has 0 fully saturated rings. The first-order valence-electron chi connectivity index (χ1n) is 7.08. The molecule has 0 aliphatic carbocycles. The molecule has 1 N–H and O–H groups in total. The predicted octanol–water partition coefficient (Wildman–Crippen LogP) is 2.34. The largest absolute Gasteiger partial charge is 0.481 e. The second-order valence-corrected chi connectivity index (χ2v) is 5.36. The number of aromatic nitrogens is 3. The highest BCUT2D eigenvalue weighted by Crippen LogP contribution is 2.22. The molecule has 22 heavy (non-hydrogen) atoms. The number of benzene rings is 1. The number of ether oxygens (including phenoxy) is 1. The number of nitrogens with zero attached hydrogens (tertiary/aromatic N) is 3. The van der Waals surface area contributed by atoms with Gasteiger partial charge in [0.2, 0.25) is 0 Å². The number of nitrogens with one attached hydrogen (secondary N) is 1. The van der Waals surface area contributed by atoms with E-state index in [4.69, 9.17) is 16.3 Å². The van der Waals surface area contributed by atoms with E-state index < -0.39 is 6.10 Å². The van der Waals surface area contributed by atoms with Crippen LogP contribution in [0.3, 0.4) is 0 Å². The summed E-state index contributed by atoms with van der Waals surface area (Å²) in [4.78, 5) is 12.1. The van der Waals surface area contributed by atoms with Crippen LogP contribution in [0.25, 0.3) is 0 Å². The normalized spacial score (nSPS) is 12.0. The van der Waals surface area contributed by atoms with Crippen molar-refractivity contribution in [2.75, 3.05) is 0 Å². The van der Waals surface area contributed by atoms with Gasteiger partial charge in [0.25, 0.3) is 5.91 Å².